The zero-order chi connectivity index (χ0) is 15.3. The van der Waals surface area contributed by atoms with Crippen LogP contribution < -0.4 is 11.5 Å². The van der Waals surface area contributed by atoms with Crippen molar-refractivity contribution in [1.29, 1.82) is 0 Å². The third-order valence-electron chi connectivity index (χ3n) is 2.67. The summed E-state index contributed by atoms with van der Waals surface area (Å²) >= 11 is 3.18. The number of hydrogen-bond acceptors (Lipinski definition) is 4. The molecule has 1 aromatic carbocycles. The van der Waals surface area contributed by atoms with Crippen molar-refractivity contribution < 1.29 is 13.2 Å². The first-order valence-corrected chi connectivity index (χ1v) is 8.35. The summed E-state index contributed by atoms with van der Waals surface area (Å²) in [5.74, 6) is -0.684. The van der Waals surface area contributed by atoms with Crippen LogP contribution in [0.25, 0.3) is 0 Å². The van der Waals surface area contributed by atoms with Crippen molar-refractivity contribution in [1.82, 2.24) is 4.31 Å². The average molecular weight is 364 g/mol. The van der Waals surface area contributed by atoms with Crippen LogP contribution in [0.15, 0.2) is 27.6 Å². The molecule has 0 saturated heterocycles. The summed E-state index contributed by atoms with van der Waals surface area (Å²) in [6.45, 7) is 1.85. The summed E-state index contributed by atoms with van der Waals surface area (Å²) in [6.07, 6.45) is 1.47. The van der Waals surface area contributed by atoms with Gasteiger partial charge in [0.2, 0.25) is 15.9 Å². The number of amides is 1. The Morgan fingerprint density at radius 2 is 2.05 bits per heavy atom. The van der Waals surface area contributed by atoms with Crippen LogP contribution >= 0.6 is 15.9 Å². The zero-order valence-corrected chi connectivity index (χ0v) is 13.6. The monoisotopic (exact) mass is 363 g/mol. The maximum absolute atomic E-state index is 12.6. The first-order chi connectivity index (χ1) is 9.28. The van der Waals surface area contributed by atoms with Crippen LogP contribution in [-0.2, 0) is 14.8 Å². The summed E-state index contributed by atoms with van der Waals surface area (Å²) in [5.41, 5.74) is 11.2. The fourth-order valence-corrected chi connectivity index (χ4v) is 4.16. The highest BCUT2D eigenvalue weighted by molar-refractivity contribution is 9.10. The lowest BCUT2D eigenvalue weighted by Crippen LogP contribution is -2.39. The molecule has 0 aromatic heterocycles. The van der Waals surface area contributed by atoms with Crippen molar-refractivity contribution in [3.8, 4) is 0 Å². The molecule has 0 bridgehead atoms. The Hall–Kier alpha value is -1.12. The first-order valence-electron chi connectivity index (χ1n) is 6.12. The molecule has 0 unspecified atom stereocenters. The number of primary amides is 1. The molecule has 8 heteroatoms. The number of nitrogens with two attached hydrogens (primary N) is 2. The van der Waals surface area contributed by atoms with Gasteiger partial charge < -0.3 is 11.5 Å². The minimum atomic E-state index is -3.79. The van der Waals surface area contributed by atoms with Gasteiger partial charge in [-0.25, -0.2) is 8.42 Å². The van der Waals surface area contributed by atoms with Crippen LogP contribution in [0, 0.1) is 0 Å². The minimum Gasteiger partial charge on any atom is -0.399 e. The van der Waals surface area contributed by atoms with Gasteiger partial charge in [0.1, 0.15) is 0 Å². The topological polar surface area (TPSA) is 106 Å². The lowest BCUT2D eigenvalue weighted by molar-refractivity contribution is -0.118. The normalized spacial score (nSPS) is 11.8. The van der Waals surface area contributed by atoms with Gasteiger partial charge >= 0.3 is 0 Å². The quantitative estimate of drug-likeness (QED) is 0.712. The molecule has 1 rings (SSSR count). The lowest BCUT2D eigenvalue weighted by Gasteiger charge is -2.21. The fourth-order valence-electron chi connectivity index (χ4n) is 1.66. The van der Waals surface area contributed by atoms with Crippen LogP contribution in [0.3, 0.4) is 0 Å². The van der Waals surface area contributed by atoms with Crippen molar-refractivity contribution in [2.75, 3.05) is 18.8 Å². The highest BCUT2D eigenvalue weighted by Crippen LogP contribution is 2.27. The number of unbranched alkanes of at least 4 members (excludes halogenated alkanes) is 1. The Labute approximate surface area is 127 Å². The van der Waals surface area contributed by atoms with Gasteiger partial charge in [-0.1, -0.05) is 13.3 Å². The van der Waals surface area contributed by atoms with E-state index in [1.165, 1.54) is 18.2 Å². The predicted molar refractivity (Wildman–Crippen MR) is 81.4 cm³/mol. The van der Waals surface area contributed by atoms with Crippen LogP contribution in [0.1, 0.15) is 19.8 Å². The molecule has 6 nitrogen and oxygen atoms in total. The Morgan fingerprint density at radius 1 is 1.40 bits per heavy atom. The molecule has 0 atom stereocenters. The molecule has 4 N–H and O–H groups in total. The van der Waals surface area contributed by atoms with Crippen molar-refractivity contribution in [3.05, 3.63) is 22.7 Å². The number of benzene rings is 1. The maximum atomic E-state index is 12.6. The van der Waals surface area contributed by atoms with Gasteiger partial charge in [0, 0.05) is 16.7 Å². The van der Waals surface area contributed by atoms with E-state index in [1.807, 2.05) is 6.92 Å². The van der Waals surface area contributed by atoms with Crippen LogP contribution in [0.5, 0.6) is 0 Å². The number of carbonyl (C=O) groups excluding carboxylic acids is 1. The smallest absolute Gasteiger partial charge is 0.244 e. The van der Waals surface area contributed by atoms with E-state index in [0.29, 0.717) is 16.6 Å². The van der Waals surface area contributed by atoms with Gasteiger partial charge in [-0.05, 0) is 40.5 Å². The van der Waals surface area contributed by atoms with E-state index >= 15 is 0 Å². The molecule has 0 saturated carbocycles. The van der Waals surface area contributed by atoms with E-state index in [2.05, 4.69) is 15.9 Å². The molecule has 112 valence electrons. The lowest BCUT2D eigenvalue weighted by atomic mass is 10.3. The van der Waals surface area contributed by atoms with Gasteiger partial charge in [0.15, 0.2) is 0 Å². The molecule has 20 heavy (non-hydrogen) atoms. The standard InChI is InChI=1S/C12H18BrN3O3S/c1-2-3-6-16(8-12(15)17)20(18,19)11-5-4-9(14)7-10(11)13/h4-5,7H,2-3,6,8,14H2,1H3,(H2,15,17). The van der Waals surface area contributed by atoms with Gasteiger partial charge in [-0.2, -0.15) is 4.31 Å². The number of sulfonamides is 1. The molecule has 1 amide bonds. The third-order valence-corrected chi connectivity index (χ3v) is 5.49. The van der Waals surface area contributed by atoms with E-state index in [9.17, 15) is 13.2 Å². The van der Waals surface area contributed by atoms with E-state index < -0.39 is 15.9 Å². The molecular weight excluding hydrogens is 346 g/mol. The molecule has 0 radical (unpaired) electrons. The molecule has 0 aliphatic carbocycles. The van der Waals surface area contributed by atoms with Gasteiger partial charge in [0.25, 0.3) is 0 Å². The van der Waals surface area contributed by atoms with Gasteiger partial charge in [0.05, 0.1) is 11.4 Å². The summed E-state index contributed by atoms with van der Waals surface area (Å²) in [6, 6.07) is 4.42. The molecule has 0 heterocycles. The largest absolute Gasteiger partial charge is 0.399 e. The number of hydrogen-bond donors (Lipinski definition) is 2. The summed E-state index contributed by atoms with van der Waals surface area (Å²) in [5, 5.41) is 0. The molecule has 0 spiro atoms. The van der Waals surface area contributed by atoms with Crippen molar-refractivity contribution in [3.63, 3.8) is 0 Å². The Kier molecular flexibility index (Phi) is 5.97. The van der Waals surface area contributed by atoms with E-state index in [-0.39, 0.29) is 18.0 Å². The van der Waals surface area contributed by atoms with E-state index in [4.69, 9.17) is 11.5 Å². The molecular formula is C12H18BrN3O3S. The fraction of sp³-hybridized carbons (Fsp3) is 0.417. The molecule has 0 aliphatic heterocycles. The van der Waals surface area contributed by atoms with E-state index in [0.717, 1.165) is 10.7 Å². The molecule has 0 aliphatic rings. The van der Waals surface area contributed by atoms with E-state index in [1.54, 1.807) is 0 Å². The second kappa shape index (κ2) is 7.05. The summed E-state index contributed by atoms with van der Waals surface area (Å²) in [4.78, 5) is 11.1. The first kappa shape index (κ1) is 16.9. The number of nitrogens with zero attached hydrogens (tertiary/aromatic N) is 1. The summed E-state index contributed by atoms with van der Waals surface area (Å²) < 4.78 is 26.6. The Bertz CT molecular complexity index is 590. The third kappa shape index (κ3) is 4.19. The van der Waals surface area contributed by atoms with Crippen LogP contribution in [-0.4, -0.2) is 31.7 Å². The number of halogens is 1. The second-order valence-corrected chi connectivity index (χ2v) is 7.11. The zero-order valence-electron chi connectivity index (χ0n) is 11.2. The van der Waals surface area contributed by atoms with Crippen molar-refractivity contribution in [2.24, 2.45) is 5.73 Å². The number of carbonyl (C=O) groups is 1. The SMILES string of the molecule is CCCCN(CC(N)=O)S(=O)(=O)c1ccc(N)cc1Br. The van der Waals surface area contributed by atoms with Crippen molar-refractivity contribution in [2.45, 2.75) is 24.7 Å². The number of anilines is 1. The molecule has 0 fully saturated rings. The molecule has 1 aromatic rings. The highest BCUT2D eigenvalue weighted by Gasteiger charge is 2.27. The number of nitrogen functional groups attached to an aromatic ring is 1. The maximum Gasteiger partial charge on any atom is 0.244 e. The Balaban J connectivity index is 3.17. The highest BCUT2D eigenvalue weighted by atomic mass is 79.9. The van der Waals surface area contributed by atoms with Crippen molar-refractivity contribution >= 4 is 37.5 Å². The Morgan fingerprint density at radius 3 is 2.55 bits per heavy atom. The average Bonchev–Trinajstić information content (AvgIpc) is 2.33. The minimum absolute atomic E-state index is 0.0732. The summed E-state index contributed by atoms with van der Waals surface area (Å²) in [7, 11) is -3.79. The number of rotatable bonds is 7. The predicted octanol–water partition coefficient (Wildman–Crippen LogP) is 1.31. The van der Waals surface area contributed by atoms with Gasteiger partial charge in [-0.3, -0.25) is 4.79 Å². The second-order valence-electron chi connectivity index (χ2n) is 4.35. The van der Waals surface area contributed by atoms with Gasteiger partial charge in [-0.15, -0.1) is 0 Å². The van der Waals surface area contributed by atoms with Crippen LogP contribution in [0.2, 0.25) is 0 Å². The van der Waals surface area contributed by atoms with Crippen LogP contribution in [0.4, 0.5) is 5.69 Å².